The Bertz CT molecular complexity index is 363. The van der Waals surface area contributed by atoms with Gasteiger partial charge in [0.1, 0.15) is 0 Å². The van der Waals surface area contributed by atoms with Crippen molar-refractivity contribution in [2.24, 2.45) is 17.8 Å². The Morgan fingerprint density at radius 3 is 2.59 bits per heavy atom. The topological polar surface area (TPSA) is 12.0 Å². The minimum absolute atomic E-state index is 0.543. The van der Waals surface area contributed by atoms with Crippen LogP contribution in [0.3, 0.4) is 0 Å². The number of halogens is 1. The molecule has 1 heterocycles. The zero-order chi connectivity index (χ0) is 12.4. The van der Waals surface area contributed by atoms with Gasteiger partial charge in [0.25, 0.3) is 0 Å². The van der Waals surface area contributed by atoms with Gasteiger partial charge in [-0.1, -0.05) is 20.3 Å². The molecule has 4 unspecified atom stereocenters. The SMILES string of the molecule is CNC(c1ccc(Br)s1)C1CCC(C)C(C)C1. The molecule has 0 saturated heterocycles. The van der Waals surface area contributed by atoms with Crippen LogP contribution in [0, 0.1) is 17.8 Å². The Morgan fingerprint density at radius 1 is 1.29 bits per heavy atom. The molecular weight excluding hydrogens is 294 g/mol. The molecule has 1 aromatic heterocycles. The molecule has 3 heteroatoms. The Hall–Kier alpha value is 0.140. The van der Waals surface area contributed by atoms with Crippen molar-refractivity contribution in [3.8, 4) is 0 Å². The summed E-state index contributed by atoms with van der Waals surface area (Å²) in [4.78, 5) is 1.48. The summed E-state index contributed by atoms with van der Waals surface area (Å²) in [7, 11) is 2.10. The third kappa shape index (κ3) is 3.12. The van der Waals surface area contributed by atoms with Gasteiger partial charge in [0.15, 0.2) is 0 Å². The van der Waals surface area contributed by atoms with E-state index in [1.165, 1.54) is 27.9 Å². The highest BCUT2D eigenvalue weighted by Gasteiger charge is 2.30. The molecule has 1 aliphatic rings. The molecule has 0 aliphatic heterocycles. The first kappa shape index (κ1) is 13.6. The van der Waals surface area contributed by atoms with Crippen LogP contribution in [-0.2, 0) is 0 Å². The van der Waals surface area contributed by atoms with Crippen molar-refractivity contribution < 1.29 is 0 Å². The zero-order valence-corrected chi connectivity index (χ0v) is 13.3. The minimum atomic E-state index is 0.543. The number of hydrogen-bond donors (Lipinski definition) is 1. The van der Waals surface area contributed by atoms with Gasteiger partial charge in [0, 0.05) is 10.9 Å². The molecule has 17 heavy (non-hydrogen) atoms. The maximum atomic E-state index is 3.57. The lowest BCUT2D eigenvalue weighted by Gasteiger charge is -2.36. The Kier molecular flexibility index (Phi) is 4.67. The van der Waals surface area contributed by atoms with Crippen molar-refractivity contribution in [2.45, 2.75) is 39.2 Å². The summed E-state index contributed by atoms with van der Waals surface area (Å²) in [6.07, 6.45) is 4.12. The van der Waals surface area contributed by atoms with E-state index in [0.717, 1.165) is 17.8 Å². The summed E-state index contributed by atoms with van der Waals surface area (Å²) in [6.45, 7) is 4.81. The fourth-order valence-corrected chi connectivity index (χ4v) is 4.63. The number of thiophene rings is 1. The second-order valence-electron chi connectivity index (χ2n) is 5.44. The van der Waals surface area contributed by atoms with E-state index >= 15 is 0 Å². The summed E-state index contributed by atoms with van der Waals surface area (Å²) in [6, 6.07) is 4.97. The van der Waals surface area contributed by atoms with Gasteiger partial charge in [-0.3, -0.25) is 0 Å². The fourth-order valence-electron chi connectivity index (χ4n) is 3.00. The summed E-state index contributed by atoms with van der Waals surface area (Å²) in [5, 5.41) is 3.53. The second kappa shape index (κ2) is 5.85. The molecule has 0 amide bonds. The number of rotatable bonds is 3. The first-order valence-corrected chi connectivity index (χ1v) is 8.15. The predicted octanol–water partition coefficient (Wildman–Crippen LogP) is 4.84. The van der Waals surface area contributed by atoms with E-state index in [-0.39, 0.29) is 0 Å². The summed E-state index contributed by atoms with van der Waals surface area (Å²) < 4.78 is 1.24. The predicted molar refractivity (Wildman–Crippen MR) is 79.5 cm³/mol. The van der Waals surface area contributed by atoms with Crippen LogP contribution in [0.2, 0.25) is 0 Å². The molecular formula is C14H22BrNS. The van der Waals surface area contributed by atoms with E-state index in [2.05, 4.69) is 54.3 Å². The zero-order valence-electron chi connectivity index (χ0n) is 10.9. The van der Waals surface area contributed by atoms with Gasteiger partial charge < -0.3 is 5.32 Å². The van der Waals surface area contributed by atoms with Gasteiger partial charge in [0.2, 0.25) is 0 Å². The lowest BCUT2D eigenvalue weighted by atomic mass is 9.73. The van der Waals surface area contributed by atoms with E-state index in [1.807, 2.05) is 11.3 Å². The highest BCUT2D eigenvalue weighted by atomic mass is 79.9. The fraction of sp³-hybridized carbons (Fsp3) is 0.714. The van der Waals surface area contributed by atoms with E-state index < -0.39 is 0 Å². The van der Waals surface area contributed by atoms with Gasteiger partial charge in [-0.05, 0) is 65.7 Å². The van der Waals surface area contributed by atoms with Crippen molar-refractivity contribution >= 4 is 27.3 Å². The third-order valence-corrected chi connectivity index (χ3v) is 6.03. The molecule has 1 nitrogen and oxygen atoms in total. The standard InChI is InChI=1S/C14H22BrNS/c1-9-4-5-11(8-10(9)2)14(16-3)12-6-7-13(15)17-12/h6-7,9-11,14,16H,4-5,8H2,1-3H3. The molecule has 1 aromatic rings. The monoisotopic (exact) mass is 315 g/mol. The van der Waals surface area contributed by atoms with Gasteiger partial charge in [-0.25, -0.2) is 0 Å². The number of nitrogens with one attached hydrogen (secondary N) is 1. The quantitative estimate of drug-likeness (QED) is 0.841. The highest BCUT2D eigenvalue weighted by molar-refractivity contribution is 9.11. The van der Waals surface area contributed by atoms with E-state index in [4.69, 9.17) is 0 Å². The van der Waals surface area contributed by atoms with Crippen LogP contribution in [0.5, 0.6) is 0 Å². The van der Waals surface area contributed by atoms with Gasteiger partial charge in [-0.2, -0.15) is 0 Å². The molecule has 1 N–H and O–H groups in total. The van der Waals surface area contributed by atoms with Crippen molar-refractivity contribution in [1.29, 1.82) is 0 Å². The third-order valence-electron chi connectivity index (χ3n) is 4.32. The average Bonchev–Trinajstić information content (AvgIpc) is 2.71. The van der Waals surface area contributed by atoms with E-state index in [0.29, 0.717) is 6.04 Å². The first-order chi connectivity index (χ1) is 8.11. The molecule has 0 radical (unpaired) electrons. The second-order valence-corrected chi connectivity index (χ2v) is 7.93. The van der Waals surface area contributed by atoms with Crippen LogP contribution in [-0.4, -0.2) is 7.05 Å². The lowest BCUT2D eigenvalue weighted by molar-refractivity contribution is 0.176. The van der Waals surface area contributed by atoms with E-state index in [1.54, 1.807) is 0 Å². The van der Waals surface area contributed by atoms with Crippen LogP contribution in [0.15, 0.2) is 15.9 Å². The largest absolute Gasteiger partial charge is 0.312 e. The van der Waals surface area contributed by atoms with Crippen LogP contribution < -0.4 is 5.32 Å². The van der Waals surface area contributed by atoms with Gasteiger partial charge in [0.05, 0.1) is 3.79 Å². The normalized spacial score (nSPS) is 31.4. The highest BCUT2D eigenvalue weighted by Crippen LogP contribution is 2.41. The minimum Gasteiger partial charge on any atom is -0.312 e. The molecule has 2 rings (SSSR count). The maximum Gasteiger partial charge on any atom is 0.0701 e. The van der Waals surface area contributed by atoms with Crippen LogP contribution in [0.4, 0.5) is 0 Å². The molecule has 96 valence electrons. The number of hydrogen-bond acceptors (Lipinski definition) is 2. The molecule has 1 saturated carbocycles. The Morgan fingerprint density at radius 2 is 2.06 bits per heavy atom. The van der Waals surface area contributed by atoms with Crippen LogP contribution >= 0.6 is 27.3 Å². The smallest absolute Gasteiger partial charge is 0.0701 e. The Balaban J connectivity index is 2.08. The van der Waals surface area contributed by atoms with E-state index in [9.17, 15) is 0 Å². The molecule has 1 fully saturated rings. The van der Waals surface area contributed by atoms with Crippen molar-refractivity contribution in [3.05, 3.63) is 20.8 Å². The van der Waals surface area contributed by atoms with Gasteiger partial charge >= 0.3 is 0 Å². The van der Waals surface area contributed by atoms with Gasteiger partial charge in [-0.15, -0.1) is 11.3 Å². The first-order valence-electron chi connectivity index (χ1n) is 6.54. The van der Waals surface area contributed by atoms with Crippen molar-refractivity contribution in [1.82, 2.24) is 5.32 Å². The summed E-state index contributed by atoms with van der Waals surface area (Å²) in [5.74, 6) is 2.57. The summed E-state index contributed by atoms with van der Waals surface area (Å²) >= 11 is 5.44. The molecule has 0 aromatic carbocycles. The molecule has 0 bridgehead atoms. The molecule has 0 spiro atoms. The summed E-state index contributed by atoms with van der Waals surface area (Å²) in [5.41, 5.74) is 0. The molecule has 4 atom stereocenters. The maximum absolute atomic E-state index is 3.57. The van der Waals surface area contributed by atoms with Crippen LogP contribution in [0.25, 0.3) is 0 Å². The lowest BCUT2D eigenvalue weighted by Crippen LogP contribution is -2.30. The van der Waals surface area contributed by atoms with Crippen LogP contribution in [0.1, 0.15) is 44.0 Å². The van der Waals surface area contributed by atoms with Crippen molar-refractivity contribution in [3.63, 3.8) is 0 Å². The average molecular weight is 316 g/mol. The molecule has 1 aliphatic carbocycles. The van der Waals surface area contributed by atoms with Crippen molar-refractivity contribution in [2.75, 3.05) is 7.05 Å². The Labute approximate surface area is 117 Å².